The zero-order chi connectivity index (χ0) is 6.69. The van der Waals surface area contributed by atoms with Crippen LogP contribution in [-0.4, -0.2) is 23.4 Å². The lowest BCUT2D eigenvalue weighted by atomic mass is 10.6. The highest BCUT2D eigenvalue weighted by Gasteiger charge is 2.11. The number of ether oxygens (including phenoxy) is 1. The van der Waals surface area contributed by atoms with Crippen LogP contribution in [0.4, 0.5) is 0 Å². The summed E-state index contributed by atoms with van der Waals surface area (Å²) in [5, 5.41) is 8.37. The summed E-state index contributed by atoms with van der Waals surface area (Å²) in [5.41, 5.74) is 0. The Morgan fingerprint density at radius 3 is 3.00 bits per heavy atom. The third kappa shape index (κ3) is 1.64. The van der Waals surface area contributed by atoms with Crippen LogP contribution in [0, 0.1) is 0 Å². The Labute approximate surface area is 56.7 Å². The van der Waals surface area contributed by atoms with Crippen molar-refractivity contribution in [3.63, 3.8) is 0 Å². The maximum absolute atomic E-state index is 10.2. The van der Waals surface area contributed by atoms with Gasteiger partial charge in [0.25, 0.3) is 0 Å². The Balaban J connectivity index is 2.57. The third-order valence-corrected chi connectivity index (χ3v) is 1.81. The molecule has 1 N–H and O–H groups in total. The number of rotatable bonds is 1. The minimum Gasteiger partial charge on any atom is -0.499 e. The van der Waals surface area contributed by atoms with E-state index in [0.717, 1.165) is 5.75 Å². The topological polar surface area (TPSA) is 46.5 Å². The molecule has 0 aromatic carbocycles. The highest BCUT2D eigenvalue weighted by atomic mass is 32.2. The molecule has 0 aromatic heterocycles. The molecule has 1 rings (SSSR count). The number of carbonyl (C=O) groups is 1. The number of thioether (sulfide) groups is 1. The van der Waals surface area contributed by atoms with Crippen molar-refractivity contribution in [2.45, 2.75) is 0 Å². The molecule has 0 amide bonds. The van der Waals surface area contributed by atoms with E-state index < -0.39 is 5.97 Å². The van der Waals surface area contributed by atoms with Gasteiger partial charge in [-0.2, -0.15) is 0 Å². The molecule has 1 aliphatic heterocycles. The van der Waals surface area contributed by atoms with Gasteiger partial charge >= 0.3 is 5.97 Å². The van der Waals surface area contributed by atoms with E-state index in [-0.39, 0.29) is 0 Å². The SMILES string of the molecule is O=C(O)C1=COCCS1. The predicted octanol–water partition coefficient (Wildman–Crippen LogP) is 0.676. The lowest BCUT2D eigenvalue weighted by Gasteiger charge is -2.08. The second-order valence-corrected chi connectivity index (χ2v) is 2.64. The molecule has 3 nitrogen and oxygen atoms in total. The van der Waals surface area contributed by atoms with Gasteiger partial charge in [0.15, 0.2) is 0 Å². The first kappa shape index (κ1) is 6.48. The summed E-state index contributed by atoms with van der Waals surface area (Å²) in [4.78, 5) is 10.5. The van der Waals surface area contributed by atoms with Gasteiger partial charge in [0.2, 0.25) is 0 Å². The molecular formula is C5H6O3S. The number of aliphatic carboxylic acids is 1. The largest absolute Gasteiger partial charge is 0.499 e. The van der Waals surface area contributed by atoms with E-state index in [4.69, 9.17) is 9.84 Å². The molecule has 0 spiro atoms. The lowest BCUT2D eigenvalue weighted by Crippen LogP contribution is -2.05. The molecular weight excluding hydrogens is 140 g/mol. The second kappa shape index (κ2) is 2.77. The Morgan fingerprint density at radius 2 is 2.67 bits per heavy atom. The third-order valence-electron chi connectivity index (χ3n) is 0.860. The first-order valence-corrected chi connectivity index (χ1v) is 3.47. The van der Waals surface area contributed by atoms with Crippen molar-refractivity contribution >= 4 is 17.7 Å². The Bertz CT molecular complexity index is 152. The summed E-state index contributed by atoms with van der Waals surface area (Å²) in [6, 6.07) is 0. The van der Waals surface area contributed by atoms with E-state index in [1.165, 1.54) is 18.0 Å². The van der Waals surface area contributed by atoms with Crippen molar-refractivity contribution < 1.29 is 14.6 Å². The Morgan fingerprint density at radius 1 is 1.89 bits per heavy atom. The predicted molar refractivity (Wildman–Crippen MR) is 34.1 cm³/mol. The molecule has 0 aromatic rings. The molecule has 0 atom stereocenters. The second-order valence-electron chi connectivity index (χ2n) is 1.51. The maximum Gasteiger partial charge on any atom is 0.345 e. The lowest BCUT2D eigenvalue weighted by molar-refractivity contribution is -0.131. The van der Waals surface area contributed by atoms with E-state index in [1.54, 1.807) is 0 Å². The summed E-state index contributed by atoms with van der Waals surface area (Å²) < 4.78 is 4.78. The molecule has 0 aliphatic carbocycles. The van der Waals surface area contributed by atoms with Crippen molar-refractivity contribution in [1.82, 2.24) is 0 Å². The van der Waals surface area contributed by atoms with E-state index in [0.29, 0.717) is 11.5 Å². The number of carboxylic acids is 1. The van der Waals surface area contributed by atoms with Gasteiger partial charge in [0, 0.05) is 5.75 Å². The molecule has 4 heteroatoms. The van der Waals surface area contributed by atoms with Gasteiger partial charge < -0.3 is 9.84 Å². The van der Waals surface area contributed by atoms with Gasteiger partial charge in [0.1, 0.15) is 11.2 Å². The van der Waals surface area contributed by atoms with E-state index in [9.17, 15) is 4.79 Å². The standard InChI is InChI=1S/C5H6O3S/c6-5(7)4-3-8-1-2-9-4/h3H,1-2H2,(H,6,7). The highest BCUT2D eigenvalue weighted by Crippen LogP contribution is 2.18. The van der Waals surface area contributed by atoms with Crippen molar-refractivity contribution in [3.05, 3.63) is 11.2 Å². The van der Waals surface area contributed by atoms with Crippen molar-refractivity contribution in [3.8, 4) is 0 Å². The monoisotopic (exact) mass is 146 g/mol. The van der Waals surface area contributed by atoms with Gasteiger partial charge in [-0.1, -0.05) is 0 Å². The number of hydrogen-bond donors (Lipinski definition) is 1. The summed E-state index contributed by atoms with van der Waals surface area (Å²) in [7, 11) is 0. The first-order chi connectivity index (χ1) is 4.30. The zero-order valence-corrected chi connectivity index (χ0v) is 5.48. The van der Waals surface area contributed by atoms with Crippen LogP contribution in [0.25, 0.3) is 0 Å². The van der Waals surface area contributed by atoms with Crippen LogP contribution in [0.3, 0.4) is 0 Å². The van der Waals surface area contributed by atoms with Crippen LogP contribution in [0.1, 0.15) is 0 Å². The van der Waals surface area contributed by atoms with Crippen LogP contribution >= 0.6 is 11.8 Å². The first-order valence-electron chi connectivity index (χ1n) is 2.48. The fourth-order valence-corrected chi connectivity index (χ4v) is 1.14. The smallest absolute Gasteiger partial charge is 0.345 e. The van der Waals surface area contributed by atoms with Crippen LogP contribution in [-0.2, 0) is 9.53 Å². The molecule has 0 fully saturated rings. The molecule has 0 bridgehead atoms. The quantitative estimate of drug-likeness (QED) is 0.590. The summed E-state index contributed by atoms with van der Waals surface area (Å²) in [5.74, 6) is -0.169. The molecule has 50 valence electrons. The van der Waals surface area contributed by atoms with Gasteiger partial charge in [-0.3, -0.25) is 0 Å². The molecule has 1 heterocycles. The average Bonchev–Trinajstić information content (AvgIpc) is 1.90. The fourth-order valence-electron chi connectivity index (χ4n) is 0.481. The average molecular weight is 146 g/mol. The van der Waals surface area contributed by atoms with Gasteiger partial charge in [0.05, 0.1) is 6.61 Å². The summed E-state index contributed by atoms with van der Waals surface area (Å²) in [6.45, 7) is 0.613. The maximum atomic E-state index is 10.2. The van der Waals surface area contributed by atoms with Crippen LogP contribution < -0.4 is 0 Å². The molecule has 0 unspecified atom stereocenters. The summed E-state index contributed by atoms with van der Waals surface area (Å²) >= 11 is 1.31. The summed E-state index contributed by atoms with van der Waals surface area (Å²) in [6.07, 6.45) is 1.29. The minimum atomic E-state index is -0.903. The van der Waals surface area contributed by atoms with Crippen LogP contribution in [0.5, 0.6) is 0 Å². The van der Waals surface area contributed by atoms with Gasteiger partial charge in [-0.05, 0) is 0 Å². The molecule has 0 saturated heterocycles. The molecule has 0 radical (unpaired) electrons. The normalized spacial score (nSPS) is 18.0. The molecule has 0 saturated carbocycles. The fraction of sp³-hybridized carbons (Fsp3) is 0.400. The Hall–Kier alpha value is -0.640. The molecule has 9 heavy (non-hydrogen) atoms. The van der Waals surface area contributed by atoms with Crippen LogP contribution in [0.15, 0.2) is 11.2 Å². The van der Waals surface area contributed by atoms with Crippen molar-refractivity contribution in [2.75, 3.05) is 12.4 Å². The van der Waals surface area contributed by atoms with Gasteiger partial charge in [-0.15, -0.1) is 11.8 Å². The number of hydrogen-bond acceptors (Lipinski definition) is 3. The number of carboxylic acid groups (broad SMARTS) is 1. The zero-order valence-electron chi connectivity index (χ0n) is 4.66. The van der Waals surface area contributed by atoms with E-state index in [2.05, 4.69) is 0 Å². The van der Waals surface area contributed by atoms with Crippen molar-refractivity contribution in [1.29, 1.82) is 0 Å². The highest BCUT2D eigenvalue weighted by molar-refractivity contribution is 8.04. The van der Waals surface area contributed by atoms with Crippen molar-refractivity contribution in [2.24, 2.45) is 0 Å². The Kier molecular flexibility index (Phi) is 2.00. The minimum absolute atomic E-state index is 0.293. The van der Waals surface area contributed by atoms with Crippen LogP contribution in [0.2, 0.25) is 0 Å². The van der Waals surface area contributed by atoms with Gasteiger partial charge in [-0.25, -0.2) is 4.79 Å². The van der Waals surface area contributed by atoms with E-state index >= 15 is 0 Å². The molecule has 1 aliphatic rings. The van der Waals surface area contributed by atoms with E-state index in [1.807, 2.05) is 0 Å².